The standard InChI is InChI=1S/C17H26O4/c18-10-6-4-2-1-3-5-7-11-19-13-15-8-9-16-17(12-15)21-14-20-16/h8-9,12,18H,1-7,10-11,13-14H2. The first-order valence-electron chi connectivity index (χ1n) is 7.97. The fourth-order valence-electron chi connectivity index (χ4n) is 2.42. The van der Waals surface area contributed by atoms with Crippen molar-refractivity contribution in [2.75, 3.05) is 20.0 Å². The van der Waals surface area contributed by atoms with Crippen molar-refractivity contribution >= 4 is 0 Å². The average molecular weight is 294 g/mol. The Morgan fingerprint density at radius 1 is 0.905 bits per heavy atom. The molecule has 0 fully saturated rings. The molecule has 4 heteroatoms. The summed E-state index contributed by atoms with van der Waals surface area (Å²) in [6, 6.07) is 5.95. The lowest BCUT2D eigenvalue weighted by molar-refractivity contribution is 0.116. The molecule has 0 bridgehead atoms. The van der Waals surface area contributed by atoms with E-state index in [4.69, 9.17) is 19.3 Å². The summed E-state index contributed by atoms with van der Waals surface area (Å²) in [4.78, 5) is 0. The molecule has 1 N–H and O–H groups in total. The van der Waals surface area contributed by atoms with Crippen molar-refractivity contribution in [2.45, 2.75) is 51.6 Å². The molecule has 4 nitrogen and oxygen atoms in total. The molecule has 0 unspecified atom stereocenters. The molecular weight excluding hydrogens is 268 g/mol. The first-order valence-corrected chi connectivity index (χ1v) is 7.97. The van der Waals surface area contributed by atoms with E-state index in [9.17, 15) is 0 Å². The van der Waals surface area contributed by atoms with E-state index in [1.807, 2.05) is 18.2 Å². The lowest BCUT2D eigenvalue weighted by Crippen LogP contribution is -1.96. The highest BCUT2D eigenvalue weighted by molar-refractivity contribution is 5.44. The predicted octanol–water partition coefficient (Wildman–Crippen LogP) is 3.65. The van der Waals surface area contributed by atoms with Gasteiger partial charge in [-0.25, -0.2) is 0 Å². The fraction of sp³-hybridized carbons (Fsp3) is 0.647. The van der Waals surface area contributed by atoms with Gasteiger partial charge in [0.25, 0.3) is 0 Å². The molecule has 2 rings (SSSR count). The molecule has 21 heavy (non-hydrogen) atoms. The minimum absolute atomic E-state index is 0.317. The molecule has 1 aliphatic rings. The molecule has 0 saturated heterocycles. The van der Waals surface area contributed by atoms with E-state index >= 15 is 0 Å². The van der Waals surface area contributed by atoms with Crippen LogP contribution >= 0.6 is 0 Å². The van der Waals surface area contributed by atoms with Crippen molar-refractivity contribution in [1.29, 1.82) is 0 Å². The van der Waals surface area contributed by atoms with Gasteiger partial charge in [-0.15, -0.1) is 0 Å². The number of rotatable bonds is 11. The zero-order valence-corrected chi connectivity index (χ0v) is 12.7. The van der Waals surface area contributed by atoms with Crippen molar-refractivity contribution in [2.24, 2.45) is 0 Å². The van der Waals surface area contributed by atoms with Crippen LogP contribution in [0.2, 0.25) is 0 Å². The van der Waals surface area contributed by atoms with Gasteiger partial charge in [0, 0.05) is 13.2 Å². The highest BCUT2D eigenvalue weighted by Gasteiger charge is 2.12. The molecular formula is C17H26O4. The monoisotopic (exact) mass is 294 g/mol. The van der Waals surface area contributed by atoms with Gasteiger partial charge in [-0.05, 0) is 30.5 Å². The molecule has 1 aliphatic heterocycles. The molecule has 1 aromatic carbocycles. The van der Waals surface area contributed by atoms with E-state index in [0.29, 0.717) is 20.0 Å². The van der Waals surface area contributed by atoms with E-state index in [0.717, 1.165) is 42.9 Å². The summed E-state index contributed by atoms with van der Waals surface area (Å²) >= 11 is 0. The smallest absolute Gasteiger partial charge is 0.231 e. The molecule has 0 saturated carbocycles. The first-order chi connectivity index (χ1) is 10.4. The van der Waals surface area contributed by atoms with Crippen LogP contribution in [0.15, 0.2) is 18.2 Å². The lowest BCUT2D eigenvalue weighted by atomic mass is 10.1. The Hall–Kier alpha value is -1.26. The van der Waals surface area contributed by atoms with Gasteiger partial charge in [0.2, 0.25) is 6.79 Å². The average Bonchev–Trinajstić information content (AvgIpc) is 2.97. The largest absolute Gasteiger partial charge is 0.454 e. The number of hydrogen-bond acceptors (Lipinski definition) is 4. The Morgan fingerprint density at radius 3 is 2.43 bits per heavy atom. The maximum absolute atomic E-state index is 8.68. The second-order valence-electron chi connectivity index (χ2n) is 5.44. The van der Waals surface area contributed by atoms with E-state index < -0.39 is 0 Å². The summed E-state index contributed by atoms with van der Waals surface area (Å²) in [7, 11) is 0. The molecule has 0 amide bonds. The van der Waals surface area contributed by atoms with Gasteiger partial charge in [0.1, 0.15) is 0 Å². The summed E-state index contributed by atoms with van der Waals surface area (Å²) in [5, 5.41) is 8.68. The predicted molar refractivity (Wildman–Crippen MR) is 81.6 cm³/mol. The third-order valence-electron chi connectivity index (χ3n) is 3.65. The Balaban J connectivity index is 1.47. The number of hydrogen-bond donors (Lipinski definition) is 1. The molecule has 0 atom stereocenters. The molecule has 118 valence electrons. The van der Waals surface area contributed by atoms with E-state index in [1.165, 1.54) is 25.7 Å². The second-order valence-corrected chi connectivity index (χ2v) is 5.44. The number of aliphatic hydroxyl groups excluding tert-OH is 1. The molecule has 1 heterocycles. The molecule has 0 aliphatic carbocycles. The van der Waals surface area contributed by atoms with Crippen LogP contribution in [0.1, 0.15) is 50.5 Å². The Labute approximate surface area is 127 Å². The zero-order chi connectivity index (χ0) is 14.8. The van der Waals surface area contributed by atoms with Crippen LogP contribution in [0.5, 0.6) is 11.5 Å². The van der Waals surface area contributed by atoms with E-state index in [-0.39, 0.29) is 0 Å². The maximum Gasteiger partial charge on any atom is 0.231 e. The second kappa shape index (κ2) is 9.64. The SMILES string of the molecule is OCCCCCCCCCOCc1ccc2c(c1)OCO2. The Kier molecular flexibility index (Phi) is 7.39. The van der Waals surface area contributed by atoms with E-state index in [2.05, 4.69) is 0 Å². The fourth-order valence-corrected chi connectivity index (χ4v) is 2.42. The van der Waals surface area contributed by atoms with Crippen LogP contribution in [0.3, 0.4) is 0 Å². The minimum atomic E-state index is 0.317. The third-order valence-corrected chi connectivity index (χ3v) is 3.65. The molecule has 0 aromatic heterocycles. The lowest BCUT2D eigenvalue weighted by Gasteiger charge is -2.05. The van der Waals surface area contributed by atoms with Crippen molar-refractivity contribution in [3.05, 3.63) is 23.8 Å². The quantitative estimate of drug-likeness (QED) is 0.633. The summed E-state index contributed by atoms with van der Waals surface area (Å²) in [6.07, 6.45) is 8.19. The van der Waals surface area contributed by atoms with Gasteiger partial charge in [-0.3, -0.25) is 0 Å². The Bertz CT molecular complexity index is 406. The van der Waals surface area contributed by atoms with Crippen molar-refractivity contribution < 1.29 is 19.3 Å². The number of aliphatic hydroxyl groups is 1. The van der Waals surface area contributed by atoms with Crippen molar-refractivity contribution in [1.82, 2.24) is 0 Å². The third kappa shape index (κ3) is 5.94. The number of ether oxygens (including phenoxy) is 3. The number of fused-ring (bicyclic) bond motifs is 1. The normalized spacial score (nSPS) is 12.8. The minimum Gasteiger partial charge on any atom is -0.454 e. The van der Waals surface area contributed by atoms with E-state index in [1.54, 1.807) is 0 Å². The van der Waals surface area contributed by atoms with Crippen LogP contribution in [-0.4, -0.2) is 25.1 Å². The van der Waals surface area contributed by atoms with Crippen LogP contribution < -0.4 is 9.47 Å². The van der Waals surface area contributed by atoms with Gasteiger partial charge < -0.3 is 19.3 Å². The molecule has 1 aromatic rings. The molecule has 0 spiro atoms. The first kappa shape index (κ1) is 16.1. The molecule has 0 radical (unpaired) electrons. The topological polar surface area (TPSA) is 47.9 Å². The Morgan fingerprint density at radius 2 is 1.62 bits per heavy atom. The van der Waals surface area contributed by atoms with Gasteiger partial charge in [-0.2, -0.15) is 0 Å². The maximum atomic E-state index is 8.68. The van der Waals surface area contributed by atoms with Crippen molar-refractivity contribution in [3.8, 4) is 11.5 Å². The van der Waals surface area contributed by atoms with Crippen molar-refractivity contribution in [3.63, 3.8) is 0 Å². The van der Waals surface area contributed by atoms with Gasteiger partial charge in [-0.1, -0.05) is 38.2 Å². The van der Waals surface area contributed by atoms with Gasteiger partial charge in [0.15, 0.2) is 11.5 Å². The van der Waals surface area contributed by atoms with Crippen LogP contribution in [0.4, 0.5) is 0 Å². The number of unbranched alkanes of at least 4 members (excludes halogenated alkanes) is 6. The summed E-state index contributed by atoms with van der Waals surface area (Å²) in [6.45, 7) is 2.09. The highest BCUT2D eigenvalue weighted by atomic mass is 16.7. The summed E-state index contributed by atoms with van der Waals surface area (Å²) in [5.74, 6) is 1.64. The summed E-state index contributed by atoms with van der Waals surface area (Å²) < 4.78 is 16.3. The van der Waals surface area contributed by atoms with Crippen LogP contribution in [-0.2, 0) is 11.3 Å². The van der Waals surface area contributed by atoms with Crippen LogP contribution in [0.25, 0.3) is 0 Å². The number of benzene rings is 1. The summed E-state index contributed by atoms with van der Waals surface area (Å²) in [5.41, 5.74) is 1.13. The zero-order valence-electron chi connectivity index (χ0n) is 12.7. The van der Waals surface area contributed by atoms with Gasteiger partial charge in [0.05, 0.1) is 6.61 Å². The highest BCUT2D eigenvalue weighted by Crippen LogP contribution is 2.32. The van der Waals surface area contributed by atoms with Crippen LogP contribution in [0, 0.1) is 0 Å². The van der Waals surface area contributed by atoms with Gasteiger partial charge >= 0.3 is 0 Å².